The number of ether oxygens (including phenoxy) is 1. The number of rotatable bonds is 2. The van der Waals surface area contributed by atoms with Gasteiger partial charge < -0.3 is 15.0 Å². The maximum absolute atomic E-state index is 13.4. The normalized spacial score (nSPS) is 18.8. The van der Waals surface area contributed by atoms with E-state index in [0.29, 0.717) is 5.82 Å². The lowest BCUT2D eigenvalue weighted by Crippen LogP contribution is -2.41. The molecule has 0 unspecified atom stereocenters. The number of nitrogens with one attached hydrogen (secondary N) is 1. The molecule has 1 aliphatic heterocycles. The van der Waals surface area contributed by atoms with E-state index >= 15 is 0 Å². The molecule has 2 rings (SSSR count). The van der Waals surface area contributed by atoms with Gasteiger partial charge in [-0.05, 0) is 12.1 Å². The topological polar surface area (TPSA) is 54.5 Å². The van der Waals surface area contributed by atoms with E-state index in [0.717, 1.165) is 4.90 Å². The average molecular weight is 271 g/mol. The number of pyridine rings is 1. The van der Waals surface area contributed by atoms with E-state index in [1.807, 2.05) is 0 Å². The number of hydrogen-bond acceptors (Lipinski definition) is 4. The van der Waals surface area contributed by atoms with Gasteiger partial charge in [0.15, 0.2) is 0 Å². The molecule has 2 heterocycles. The third kappa shape index (κ3) is 3.37. The minimum Gasteiger partial charge on any atom is -0.373 e. The second kappa shape index (κ2) is 5.48. The van der Waals surface area contributed by atoms with Crippen molar-refractivity contribution in [3.63, 3.8) is 0 Å². The molecule has 0 atom stereocenters. The van der Waals surface area contributed by atoms with Crippen molar-refractivity contribution in [3.05, 3.63) is 23.9 Å². The maximum atomic E-state index is 13.4. The third-order valence-electron chi connectivity index (χ3n) is 2.79. The highest BCUT2D eigenvalue weighted by molar-refractivity contribution is 5.94. The van der Waals surface area contributed by atoms with Crippen LogP contribution in [-0.2, 0) is 4.74 Å². The Morgan fingerprint density at radius 2 is 2.32 bits per heavy atom. The van der Waals surface area contributed by atoms with Crippen LogP contribution in [0.2, 0.25) is 0 Å². The van der Waals surface area contributed by atoms with Crippen molar-refractivity contribution in [2.24, 2.45) is 0 Å². The molecule has 7 heteroatoms. The van der Waals surface area contributed by atoms with Gasteiger partial charge in [-0.2, -0.15) is 0 Å². The summed E-state index contributed by atoms with van der Waals surface area (Å²) in [5.41, 5.74) is 0.289. The molecule has 0 bridgehead atoms. The largest absolute Gasteiger partial charge is 0.373 e. The summed E-state index contributed by atoms with van der Waals surface area (Å²) >= 11 is 0. The number of halogens is 2. The lowest BCUT2D eigenvalue weighted by Gasteiger charge is -2.23. The van der Waals surface area contributed by atoms with Crippen LogP contribution in [0.15, 0.2) is 18.3 Å². The summed E-state index contributed by atoms with van der Waals surface area (Å²) < 4.78 is 31.5. The van der Waals surface area contributed by atoms with E-state index in [1.165, 1.54) is 6.20 Å². The van der Waals surface area contributed by atoms with Gasteiger partial charge in [0.2, 0.25) is 0 Å². The van der Waals surface area contributed by atoms with Crippen LogP contribution < -0.4 is 5.32 Å². The van der Waals surface area contributed by atoms with Gasteiger partial charge in [0.1, 0.15) is 12.4 Å². The van der Waals surface area contributed by atoms with Crippen LogP contribution in [0.1, 0.15) is 10.4 Å². The van der Waals surface area contributed by atoms with E-state index in [9.17, 15) is 13.6 Å². The fraction of sp³-hybridized carbons (Fsp3) is 0.500. The van der Waals surface area contributed by atoms with Gasteiger partial charge in [-0.25, -0.2) is 13.8 Å². The number of nitrogens with zero attached hydrogens (tertiary/aromatic N) is 2. The highest BCUT2D eigenvalue weighted by Crippen LogP contribution is 2.20. The summed E-state index contributed by atoms with van der Waals surface area (Å²) in [6, 6.07) is 3.19. The lowest BCUT2D eigenvalue weighted by atomic mass is 10.2. The van der Waals surface area contributed by atoms with Gasteiger partial charge in [-0.1, -0.05) is 0 Å². The Balaban J connectivity index is 2.12. The molecule has 1 fully saturated rings. The van der Waals surface area contributed by atoms with E-state index in [4.69, 9.17) is 4.74 Å². The molecule has 1 aromatic rings. The zero-order chi connectivity index (χ0) is 13.9. The molecule has 1 amide bonds. The highest BCUT2D eigenvalue weighted by Gasteiger charge is 2.36. The first-order valence-corrected chi connectivity index (χ1v) is 5.90. The summed E-state index contributed by atoms with van der Waals surface area (Å²) in [5, 5.41) is 2.82. The second-order valence-corrected chi connectivity index (χ2v) is 4.32. The SMILES string of the molecule is CNc1ccc(C(=O)N2CCOCC(F)(F)C2)cn1. The van der Waals surface area contributed by atoms with Crippen LogP contribution in [0.3, 0.4) is 0 Å². The quantitative estimate of drug-likeness (QED) is 0.879. The van der Waals surface area contributed by atoms with E-state index in [2.05, 4.69) is 10.3 Å². The highest BCUT2D eigenvalue weighted by atomic mass is 19.3. The second-order valence-electron chi connectivity index (χ2n) is 4.32. The molecule has 0 aliphatic carbocycles. The molecule has 1 aliphatic rings. The molecule has 0 radical (unpaired) electrons. The molecule has 1 aromatic heterocycles. The Hall–Kier alpha value is -1.76. The smallest absolute Gasteiger partial charge is 0.288 e. The van der Waals surface area contributed by atoms with Crippen LogP contribution in [0.5, 0.6) is 0 Å². The number of amides is 1. The van der Waals surface area contributed by atoms with E-state index < -0.39 is 25.0 Å². The van der Waals surface area contributed by atoms with E-state index in [-0.39, 0.29) is 18.7 Å². The summed E-state index contributed by atoms with van der Waals surface area (Å²) in [7, 11) is 1.70. The molecule has 5 nitrogen and oxygen atoms in total. The summed E-state index contributed by atoms with van der Waals surface area (Å²) in [6.45, 7) is -1.00. The lowest BCUT2D eigenvalue weighted by molar-refractivity contribution is -0.0660. The van der Waals surface area contributed by atoms with Crippen LogP contribution >= 0.6 is 0 Å². The van der Waals surface area contributed by atoms with Crippen LogP contribution in [0.25, 0.3) is 0 Å². The Morgan fingerprint density at radius 1 is 1.53 bits per heavy atom. The number of anilines is 1. The van der Waals surface area contributed by atoms with E-state index in [1.54, 1.807) is 19.2 Å². The number of carbonyl (C=O) groups is 1. The van der Waals surface area contributed by atoms with Crippen molar-refractivity contribution in [2.75, 3.05) is 38.7 Å². The van der Waals surface area contributed by atoms with Crippen molar-refractivity contribution in [1.29, 1.82) is 0 Å². The Bertz CT molecular complexity index is 451. The third-order valence-corrected chi connectivity index (χ3v) is 2.79. The van der Waals surface area contributed by atoms with Crippen LogP contribution in [-0.4, -0.2) is 55.1 Å². The minimum atomic E-state index is -3.01. The van der Waals surface area contributed by atoms with Gasteiger partial charge in [0.25, 0.3) is 11.8 Å². The predicted octanol–water partition coefficient (Wildman–Crippen LogP) is 1.23. The Labute approximate surface area is 109 Å². The Kier molecular flexibility index (Phi) is 3.94. The van der Waals surface area contributed by atoms with Gasteiger partial charge in [0.05, 0.1) is 18.7 Å². The molecule has 104 valence electrons. The molecule has 19 heavy (non-hydrogen) atoms. The fourth-order valence-corrected chi connectivity index (χ4v) is 1.82. The molecule has 0 spiro atoms. The first kappa shape index (κ1) is 13.7. The standard InChI is InChI=1S/C12H15F2N3O2/c1-15-10-3-2-9(6-16-10)11(18)17-4-5-19-8-12(13,14)7-17/h2-3,6H,4-5,7-8H2,1H3,(H,15,16). The van der Waals surface area contributed by atoms with Crippen molar-refractivity contribution >= 4 is 11.7 Å². The predicted molar refractivity (Wildman–Crippen MR) is 65.5 cm³/mol. The van der Waals surface area contributed by atoms with Crippen LogP contribution in [0, 0.1) is 0 Å². The van der Waals surface area contributed by atoms with Gasteiger partial charge in [0, 0.05) is 19.8 Å². The number of carbonyl (C=O) groups excluding carboxylic acids is 1. The average Bonchev–Trinajstić information content (AvgIpc) is 2.59. The Morgan fingerprint density at radius 3 is 2.95 bits per heavy atom. The molecular formula is C12H15F2N3O2. The number of alkyl halides is 2. The van der Waals surface area contributed by atoms with Crippen LogP contribution in [0.4, 0.5) is 14.6 Å². The summed E-state index contributed by atoms with van der Waals surface area (Å²) in [6.07, 6.45) is 1.37. The van der Waals surface area contributed by atoms with Gasteiger partial charge >= 0.3 is 0 Å². The molecule has 1 N–H and O–H groups in total. The van der Waals surface area contributed by atoms with Crippen molar-refractivity contribution < 1.29 is 18.3 Å². The fourth-order valence-electron chi connectivity index (χ4n) is 1.82. The minimum absolute atomic E-state index is 0.114. The molecule has 1 saturated heterocycles. The van der Waals surface area contributed by atoms with Gasteiger partial charge in [-0.3, -0.25) is 4.79 Å². The molecule has 0 saturated carbocycles. The molecular weight excluding hydrogens is 256 g/mol. The summed E-state index contributed by atoms with van der Waals surface area (Å²) in [5.74, 6) is -2.86. The monoisotopic (exact) mass is 271 g/mol. The number of hydrogen-bond donors (Lipinski definition) is 1. The maximum Gasteiger partial charge on any atom is 0.288 e. The molecule has 0 aromatic carbocycles. The zero-order valence-electron chi connectivity index (χ0n) is 10.5. The first-order valence-electron chi connectivity index (χ1n) is 5.90. The first-order chi connectivity index (χ1) is 9.02. The van der Waals surface area contributed by atoms with Crippen molar-refractivity contribution in [1.82, 2.24) is 9.88 Å². The van der Waals surface area contributed by atoms with Crippen molar-refractivity contribution in [3.8, 4) is 0 Å². The van der Waals surface area contributed by atoms with Gasteiger partial charge in [-0.15, -0.1) is 0 Å². The summed E-state index contributed by atoms with van der Waals surface area (Å²) in [4.78, 5) is 17.2. The number of aromatic nitrogens is 1. The zero-order valence-corrected chi connectivity index (χ0v) is 10.5. The van der Waals surface area contributed by atoms with Crippen molar-refractivity contribution in [2.45, 2.75) is 5.92 Å².